The number of halogens is 2. The third kappa shape index (κ3) is 5.69. The van der Waals surface area contributed by atoms with Crippen LogP contribution in [0.5, 0.6) is 0 Å². The number of hydrogen-bond donors (Lipinski definition) is 2. The van der Waals surface area contributed by atoms with Crippen molar-refractivity contribution in [3.63, 3.8) is 0 Å². The molecule has 2 aromatic rings. The summed E-state index contributed by atoms with van der Waals surface area (Å²) in [5, 5.41) is 8.78. The van der Waals surface area contributed by atoms with E-state index in [1.165, 1.54) is 24.2 Å². The second-order valence-corrected chi connectivity index (χ2v) is 8.27. The van der Waals surface area contributed by atoms with Gasteiger partial charge in [-0.25, -0.2) is 4.98 Å². The van der Waals surface area contributed by atoms with Crippen LogP contribution in [-0.2, 0) is 11.2 Å². The van der Waals surface area contributed by atoms with Crippen LogP contribution in [0.25, 0.3) is 0 Å². The molecule has 3 heterocycles. The molecule has 2 atom stereocenters. The predicted molar refractivity (Wildman–Crippen MR) is 120 cm³/mol. The number of likely N-dealkylation sites (N-methyl/N-ethyl adjacent to an activating group) is 1. The number of anilines is 1. The monoisotopic (exact) mass is 456 g/mol. The number of aromatic nitrogens is 1. The molecule has 2 aliphatic heterocycles. The Hall–Kier alpha value is -1.67. The summed E-state index contributed by atoms with van der Waals surface area (Å²) < 4.78 is 0. The van der Waals surface area contributed by atoms with Crippen LogP contribution in [0.2, 0.25) is 0 Å². The number of carbonyl (C=O) groups excluding carboxylic acids is 2. The molecule has 4 rings (SSSR count). The van der Waals surface area contributed by atoms with E-state index in [4.69, 9.17) is 0 Å². The highest BCUT2D eigenvalue weighted by molar-refractivity contribution is 7.14. The normalized spacial score (nSPS) is 22.2. The number of benzene rings is 1. The molecule has 2 bridgehead atoms. The van der Waals surface area contributed by atoms with Gasteiger partial charge in [-0.05, 0) is 37.8 Å². The van der Waals surface area contributed by atoms with E-state index in [9.17, 15) is 9.59 Å². The largest absolute Gasteiger partial charge is 0.342 e. The molecule has 158 valence electrons. The van der Waals surface area contributed by atoms with Gasteiger partial charge >= 0.3 is 0 Å². The molecule has 0 saturated carbocycles. The first-order valence-corrected chi connectivity index (χ1v) is 10.3. The van der Waals surface area contributed by atoms with Gasteiger partial charge in [0.05, 0.1) is 12.1 Å². The molecule has 1 aromatic heterocycles. The van der Waals surface area contributed by atoms with Crippen LogP contribution in [0.1, 0.15) is 41.7 Å². The lowest BCUT2D eigenvalue weighted by Gasteiger charge is -2.35. The predicted octanol–water partition coefficient (Wildman–Crippen LogP) is 3.52. The second kappa shape index (κ2) is 10.4. The maximum absolute atomic E-state index is 12.7. The van der Waals surface area contributed by atoms with Gasteiger partial charge in [0, 0.05) is 36.1 Å². The van der Waals surface area contributed by atoms with Gasteiger partial charge in [0.2, 0.25) is 5.91 Å². The Bertz CT molecular complexity index is 821. The molecular formula is C20H26Cl2N4O2S. The smallest absolute Gasteiger partial charge is 0.257 e. The Morgan fingerprint density at radius 2 is 1.83 bits per heavy atom. The van der Waals surface area contributed by atoms with Crippen molar-refractivity contribution in [2.24, 2.45) is 0 Å². The lowest BCUT2D eigenvalue weighted by atomic mass is 9.98. The fraction of sp³-hybridized carbons (Fsp3) is 0.450. The maximum atomic E-state index is 12.7. The first kappa shape index (κ1) is 23.6. The van der Waals surface area contributed by atoms with E-state index in [1.54, 1.807) is 12.1 Å². The average Bonchev–Trinajstić information content (AvgIpc) is 3.26. The summed E-state index contributed by atoms with van der Waals surface area (Å²) in [5.74, 6) is -0.0994. The lowest BCUT2D eigenvalue weighted by Crippen LogP contribution is -2.49. The van der Waals surface area contributed by atoms with Gasteiger partial charge in [0.1, 0.15) is 0 Å². The number of nitrogens with one attached hydrogen (secondary N) is 2. The summed E-state index contributed by atoms with van der Waals surface area (Å²) >= 11 is 1.35. The first-order chi connectivity index (χ1) is 13.1. The molecule has 9 heteroatoms. The highest BCUT2D eigenvalue weighted by Crippen LogP contribution is 2.29. The highest BCUT2D eigenvalue weighted by atomic mass is 35.5. The van der Waals surface area contributed by atoms with Gasteiger partial charge in [-0.1, -0.05) is 18.2 Å². The summed E-state index contributed by atoms with van der Waals surface area (Å²) in [6.45, 7) is 0. The van der Waals surface area contributed by atoms with E-state index < -0.39 is 0 Å². The Morgan fingerprint density at radius 1 is 1.17 bits per heavy atom. The van der Waals surface area contributed by atoms with Crippen molar-refractivity contribution >= 4 is 53.1 Å². The number of fused-ring (bicyclic) bond motifs is 2. The molecule has 2 amide bonds. The Labute approximate surface area is 187 Å². The zero-order valence-electron chi connectivity index (χ0n) is 16.2. The van der Waals surface area contributed by atoms with Crippen molar-refractivity contribution in [3.05, 3.63) is 47.0 Å². The van der Waals surface area contributed by atoms with Gasteiger partial charge < -0.3 is 10.2 Å². The van der Waals surface area contributed by atoms with E-state index in [2.05, 4.69) is 15.6 Å². The molecule has 0 spiro atoms. The number of thiazole rings is 1. The second-order valence-electron chi connectivity index (χ2n) is 7.41. The summed E-state index contributed by atoms with van der Waals surface area (Å²) in [6.07, 6.45) is 4.79. The molecule has 29 heavy (non-hydrogen) atoms. The highest BCUT2D eigenvalue weighted by Gasteiger charge is 2.36. The van der Waals surface area contributed by atoms with Crippen LogP contribution in [-0.4, -0.2) is 46.9 Å². The SMILES string of the molecule is CN(C(=O)Cc1csc(NC(=O)c2ccccc2)n1)C1CC2CCC(C1)N2.Cl.Cl. The van der Waals surface area contributed by atoms with E-state index in [0.29, 0.717) is 34.5 Å². The number of piperidine rings is 1. The first-order valence-electron chi connectivity index (χ1n) is 9.41. The van der Waals surface area contributed by atoms with E-state index >= 15 is 0 Å². The Kier molecular flexibility index (Phi) is 8.46. The number of rotatable bonds is 5. The van der Waals surface area contributed by atoms with Crippen LogP contribution < -0.4 is 10.6 Å². The summed E-state index contributed by atoms with van der Waals surface area (Å²) in [7, 11) is 1.90. The van der Waals surface area contributed by atoms with Crippen molar-refractivity contribution in [1.29, 1.82) is 0 Å². The minimum absolute atomic E-state index is 0. The van der Waals surface area contributed by atoms with Crippen LogP contribution in [0, 0.1) is 0 Å². The lowest BCUT2D eigenvalue weighted by molar-refractivity contribution is -0.132. The minimum atomic E-state index is -0.190. The van der Waals surface area contributed by atoms with E-state index in [1.807, 2.05) is 35.5 Å². The van der Waals surface area contributed by atoms with Crippen molar-refractivity contribution in [2.45, 2.75) is 50.2 Å². The summed E-state index contributed by atoms with van der Waals surface area (Å²) in [5.41, 5.74) is 1.29. The van der Waals surface area contributed by atoms with Gasteiger partial charge in [0.25, 0.3) is 5.91 Å². The molecule has 2 unspecified atom stereocenters. The molecule has 1 aromatic carbocycles. The zero-order chi connectivity index (χ0) is 18.8. The molecule has 2 fully saturated rings. The number of carbonyl (C=O) groups is 2. The standard InChI is InChI=1S/C20H24N4O2S.2ClH/c1-24(17-9-14-7-8-15(10-17)21-14)18(25)11-16-12-27-20(22-16)23-19(26)13-5-3-2-4-6-13;;/h2-6,12,14-15,17,21H,7-11H2,1H3,(H,22,23,26);2*1H. The summed E-state index contributed by atoms with van der Waals surface area (Å²) in [4.78, 5) is 31.2. The number of hydrogen-bond acceptors (Lipinski definition) is 5. The third-order valence-corrected chi connectivity index (χ3v) is 6.34. The van der Waals surface area contributed by atoms with Gasteiger partial charge in [-0.15, -0.1) is 36.2 Å². The van der Waals surface area contributed by atoms with Gasteiger partial charge in [-0.2, -0.15) is 0 Å². The molecular weight excluding hydrogens is 431 g/mol. The van der Waals surface area contributed by atoms with Gasteiger partial charge in [0.15, 0.2) is 5.13 Å². The third-order valence-electron chi connectivity index (χ3n) is 5.53. The number of amides is 2. The van der Waals surface area contributed by atoms with Crippen molar-refractivity contribution in [1.82, 2.24) is 15.2 Å². The topological polar surface area (TPSA) is 74.3 Å². The molecule has 0 aliphatic carbocycles. The van der Waals surface area contributed by atoms with Crippen molar-refractivity contribution in [2.75, 3.05) is 12.4 Å². The van der Waals surface area contributed by atoms with Crippen LogP contribution >= 0.6 is 36.2 Å². The molecule has 6 nitrogen and oxygen atoms in total. The minimum Gasteiger partial charge on any atom is -0.342 e. The number of nitrogens with zero attached hydrogens (tertiary/aromatic N) is 2. The average molecular weight is 457 g/mol. The Balaban J connectivity index is 0.00000150. The van der Waals surface area contributed by atoms with Crippen molar-refractivity contribution in [3.8, 4) is 0 Å². The Morgan fingerprint density at radius 3 is 2.48 bits per heavy atom. The van der Waals surface area contributed by atoms with E-state index in [-0.39, 0.29) is 43.0 Å². The van der Waals surface area contributed by atoms with Crippen LogP contribution in [0.3, 0.4) is 0 Å². The molecule has 0 radical (unpaired) electrons. The molecule has 2 saturated heterocycles. The molecule has 2 N–H and O–H groups in total. The molecule has 2 aliphatic rings. The maximum Gasteiger partial charge on any atom is 0.257 e. The zero-order valence-corrected chi connectivity index (χ0v) is 18.6. The fourth-order valence-corrected chi connectivity index (χ4v) is 4.74. The van der Waals surface area contributed by atoms with E-state index in [0.717, 1.165) is 12.8 Å². The van der Waals surface area contributed by atoms with Crippen LogP contribution in [0.15, 0.2) is 35.7 Å². The van der Waals surface area contributed by atoms with Gasteiger partial charge in [-0.3, -0.25) is 14.9 Å². The van der Waals surface area contributed by atoms with Crippen molar-refractivity contribution < 1.29 is 9.59 Å². The van der Waals surface area contributed by atoms with Crippen LogP contribution in [0.4, 0.5) is 5.13 Å². The summed E-state index contributed by atoms with van der Waals surface area (Å²) in [6, 6.07) is 10.5. The fourth-order valence-electron chi connectivity index (χ4n) is 4.03. The quantitative estimate of drug-likeness (QED) is 0.721.